The second-order valence-corrected chi connectivity index (χ2v) is 6.32. The normalized spacial score (nSPS) is 15.8. The minimum atomic E-state index is -0.354. The number of carbonyl (C=O) groups excluding carboxylic acids is 1. The molecule has 0 aliphatic heterocycles. The Bertz CT molecular complexity index is 850. The number of carbonyl (C=O) groups is 1. The highest BCUT2D eigenvalue weighted by atomic mass is 16.2. The monoisotopic (exact) mass is 301 g/mol. The number of fused-ring (bicyclic) bond motifs is 1. The number of amides is 1. The molecule has 0 bridgehead atoms. The lowest BCUT2D eigenvalue weighted by Crippen LogP contribution is -2.45. The summed E-state index contributed by atoms with van der Waals surface area (Å²) in [5.74, 6) is 0.116. The summed E-state index contributed by atoms with van der Waals surface area (Å²) in [7, 11) is 0. The average molecular weight is 301 g/mol. The standard InChI is InChI=1S/C21H19NO/c23-20(21(13-6-14-21)18-9-2-1-3-10-18)22-19-12-11-16-7-4-5-8-17(16)15-19/h1-5,7-12,15H,6,13-14H2,(H,22,23). The van der Waals surface area contributed by atoms with E-state index in [2.05, 4.69) is 35.6 Å². The zero-order valence-corrected chi connectivity index (χ0v) is 13.0. The Balaban J connectivity index is 1.63. The van der Waals surface area contributed by atoms with E-state index in [1.54, 1.807) is 0 Å². The molecule has 23 heavy (non-hydrogen) atoms. The van der Waals surface area contributed by atoms with Gasteiger partial charge in [0.25, 0.3) is 0 Å². The maximum atomic E-state index is 12.9. The van der Waals surface area contributed by atoms with Crippen LogP contribution in [0.15, 0.2) is 72.8 Å². The molecule has 114 valence electrons. The molecule has 0 heterocycles. The van der Waals surface area contributed by atoms with E-state index in [1.807, 2.05) is 42.5 Å². The molecule has 2 heteroatoms. The van der Waals surface area contributed by atoms with Crippen LogP contribution >= 0.6 is 0 Å². The molecular weight excluding hydrogens is 282 g/mol. The van der Waals surface area contributed by atoms with Crippen molar-refractivity contribution in [3.05, 3.63) is 78.4 Å². The molecule has 1 aliphatic carbocycles. The van der Waals surface area contributed by atoms with Crippen molar-refractivity contribution in [3.63, 3.8) is 0 Å². The topological polar surface area (TPSA) is 29.1 Å². The molecule has 1 fully saturated rings. The van der Waals surface area contributed by atoms with Gasteiger partial charge in [-0.05, 0) is 41.3 Å². The van der Waals surface area contributed by atoms with Gasteiger partial charge < -0.3 is 5.32 Å². The molecule has 1 N–H and O–H groups in total. The second-order valence-electron chi connectivity index (χ2n) is 6.32. The third-order valence-corrected chi connectivity index (χ3v) is 4.98. The second kappa shape index (κ2) is 5.54. The van der Waals surface area contributed by atoms with Crippen molar-refractivity contribution in [2.75, 3.05) is 5.32 Å². The summed E-state index contributed by atoms with van der Waals surface area (Å²) in [4.78, 5) is 12.9. The van der Waals surface area contributed by atoms with Crippen molar-refractivity contribution in [3.8, 4) is 0 Å². The summed E-state index contributed by atoms with van der Waals surface area (Å²) in [5.41, 5.74) is 1.65. The molecule has 0 atom stereocenters. The Kier molecular flexibility index (Phi) is 3.38. The first kappa shape index (κ1) is 14.0. The third-order valence-electron chi connectivity index (χ3n) is 4.98. The largest absolute Gasteiger partial charge is 0.325 e. The Hall–Kier alpha value is -2.61. The van der Waals surface area contributed by atoms with Crippen molar-refractivity contribution in [2.45, 2.75) is 24.7 Å². The van der Waals surface area contributed by atoms with E-state index in [0.29, 0.717) is 0 Å². The van der Waals surface area contributed by atoms with Crippen LogP contribution in [0.1, 0.15) is 24.8 Å². The van der Waals surface area contributed by atoms with E-state index in [-0.39, 0.29) is 11.3 Å². The fourth-order valence-corrected chi connectivity index (χ4v) is 3.45. The lowest BCUT2D eigenvalue weighted by molar-refractivity contribution is -0.124. The zero-order chi connectivity index (χ0) is 15.7. The van der Waals surface area contributed by atoms with Crippen LogP contribution in [0.3, 0.4) is 0 Å². The van der Waals surface area contributed by atoms with Gasteiger partial charge >= 0.3 is 0 Å². The summed E-state index contributed by atoms with van der Waals surface area (Å²) in [6, 6.07) is 24.4. The Morgan fingerprint density at radius 2 is 1.52 bits per heavy atom. The van der Waals surface area contributed by atoms with Gasteiger partial charge in [-0.1, -0.05) is 67.1 Å². The quantitative estimate of drug-likeness (QED) is 0.732. The Labute approximate surface area is 136 Å². The molecule has 2 nitrogen and oxygen atoms in total. The van der Waals surface area contributed by atoms with Crippen molar-refractivity contribution in [2.24, 2.45) is 0 Å². The summed E-state index contributed by atoms with van der Waals surface area (Å²) in [6.07, 6.45) is 2.97. The molecule has 1 amide bonds. The van der Waals surface area contributed by atoms with Crippen molar-refractivity contribution >= 4 is 22.4 Å². The lowest BCUT2D eigenvalue weighted by atomic mass is 9.64. The molecule has 0 unspecified atom stereocenters. The number of hydrogen-bond acceptors (Lipinski definition) is 1. The van der Waals surface area contributed by atoms with Crippen LogP contribution in [0.5, 0.6) is 0 Å². The summed E-state index contributed by atoms with van der Waals surface area (Å²) >= 11 is 0. The van der Waals surface area contributed by atoms with Gasteiger partial charge in [0.15, 0.2) is 0 Å². The first-order valence-electron chi connectivity index (χ1n) is 8.14. The zero-order valence-electron chi connectivity index (χ0n) is 13.0. The molecule has 3 aromatic rings. The van der Waals surface area contributed by atoms with Crippen LogP contribution in [-0.2, 0) is 10.2 Å². The van der Waals surface area contributed by atoms with E-state index in [1.165, 1.54) is 5.39 Å². The third kappa shape index (κ3) is 2.40. The van der Waals surface area contributed by atoms with Gasteiger partial charge in [-0.25, -0.2) is 0 Å². The fourth-order valence-electron chi connectivity index (χ4n) is 3.45. The van der Waals surface area contributed by atoms with Crippen LogP contribution in [0.2, 0.25) is 0 Å². The molecule has 1 saturated carbocycles. The molecule has 3 aromatic carbocycles. The minimum Gasteiger partial charge on any atom is -0.325 e. The number of hydrogen-bond donors (Lipinski definition) is 1. The van der Waals surface area contributed by atoms with Crippen LogP contribution in [0, 0.1) is 0 Å². The molecule has 0 saturated heterocycles. The predicted octanol–water partition coefficient (Wildman–Crippen LogP) is 4.90. The van der Waals surface area contributed by atoms with Gasteiger partial charge in [-0.15, -0.1) is 0 Å². The summed E-state index contributed by atoms with van der Waals surface area (Å²) in [5, 5.41) is 5.47. The van der Waals surface area contributed by atoms with Crippen molar-refractivity contribution in [1.29, 1.82) is 0 Å². The molecular formula is C21H19NO. The molecule has 0 spiro atoms. The van der Waals surface area contributed by atoms with Gasteiger partial charge in [0.1, 0.15) is 0 Å². The van der Waals surface area contributed by atoms with Crippen LogP contribution in [0.25, 0.3) is 10.8 Å². The predicted molar refractivity (Wildman–Crippen MR) is 94.5 cm³/mol. The van der Waals surface area contributed by atoms with E-state index in [9.17, 15) is 4.79 Å². The Morgan fingerprint density at radius 3 is 2.22 bits per heavy atom. The highest BCUT2D eigenvalue weighted by Crippen LogP contribution is 2.44. The molecule has 0 radical (unpaired) electrons. The van der Waals surface area contributed by atoms with Crippen LogP contribution in [-0.4, -0.2) is 5.91 Å². The number of rotatable bonds is 3. The van der Waals surface area contributed by atoms with Crippen molar-refractivity contribution in [1.82, 2.24) is 0 Å². The van der Waals surface area contributed by atoms with Gasteiger partial charge in [0, 0.05) is 5.69 Å². The number of nitrogens with one attached hydrogen (secondary N) is 1. The number of anilines is 1. The minimum absolute atomic E-state index is 0.116. The Morgan fingerprint density at radius 1 is 0.826 bits per heavy atom. The van der Waals surface area contributed by atoms with E-state index < -0.39 is 0 Å². The van der Waals surface area contributed by atoms with E-state index >= 15 is 0 Å². The average Bonchev–Trinajstić information content (AvgIpc) is 2.55. The van der Waals surface area contributed by atoms with Crippen molar-refractivity contribution < 1.29 is 4.79 Å². The van der Waals surface area contributed by atoms with Gasteiger partial charge in [0.05, 0.1) is 5.41 Å². The fraction of sp³-hybridized carbons (Fsp3) is 0.190. The first-order valence-corrected chi connectivity index (χ1v) is 8.14. The summed E-state index contributed by atoms with van der Waals surface area (Å²) < 4.78 is 0. The van der Waals surface area contributed by atoms with Crippen LogP contribution in [0.4, 0.5) is 5.69 Å². The SMILES string of the molecule is O=C(Nc1ccc2ccccc2c1)C1(c2ccccc2)CCC1. The van der Waals surface area contributed by atoms with E-state index in [0.717, 1.165) is 35.9 Å². The van der Waals surface area contributed by atoms with E-state index in [4.69, 9.17) is 0 Å². The van der Waals surface area contributed by atoms with Gasteiger partial charge in [-0.2, -0.15) is 0 Å². The maximum Gasteiger partial charge on any atom is 0.235 e. The number of benzene rings is 3. The maximum absolute atomic E-state index is 12.9. The van der Waals surface area contributed by atoms with Gasteiger partial charge in [-0.3, -0.25) is 4.79 Å². The van der Waals surface area contributed by atoms with Crippen LogP contribution < -0.4 is 5.32 Å². The summed E-state index contributed by atoms with van der Waals surface area (Å²) in [6.45, 7) is 0. The highest BCUT2D eigenvalue weighted by Gasteiger charge is 2.45. The van der Waals surface area contributed by atoms with Gasteiger partial charge in [0.2, 0.25) is 5.91 Å². The molecule has 4 rings (SSSR count). The first-order chi connectivity index (χ1) is 11.3. The smallest absolute Gasteiger partial charge is 0.235 e. The molecule has 0 aromatic heterocycles. The highest BCUT2D eigenvalue weighted by molar-refractivity contribution is 6.01. The molecule has 1 aliphatic rings. The lowest BCUT2D eigenvalue weighted by Gasteiger charge is -2.40.